The molecular weight excluding hydrogens is 226 g/mol. The molecule has 0 spiro atoms. The largest absolute Gasteiger partial charge is 0.434 e. The van der Waals surface area contributed by atoms with Crippen molar-refractivity contribution in [2.75, 3.05) is 0 Å². The molecule has 1 aromatic heterocycles. The highest BCUT2D eigenvalue weighted by molar-refractivity contribution is 5.68. The van der Waals surface area contributed by atoms with Crippen LogP contribution in [0.1, 0.15) is 5.56 Å². The number of para-hydroxylation sites is 1. The molecule has 0 aliphatic rings. The molecule has 1 aromatic carbocycles. The fourth-order valence-electron chi connectivity index (χ4n) is 1.66. The van der Waals surface area contributed by atoms with Gasteiger partial charge in [-0.15, -0.1) is 0 Å². The summed E-state index contributed by atoms with van der Waals surface area (Å²) in [6.45, 7) is -1.11. The Morgan fingerprint density at radius 3 is 2.65 bits per heavy atom. The molecule has 90 valence electrons. The highest BCUT2D eigenvalue weighted by Crippen LogP contribution is 2.32. The molecule has 0 aliphatic carbocycles. The molecule has 0 aliphatic heterocycles. The van der Waals surface area contributed by atoms with Crippen LogP contribution in [-0.2, 0) is 7.05 Å². The number of benzene rings is 1. The summed E-state index contributed by atoms with van der Waals surface area (Å²) in [7, 11) is 1.77. The summed E-state index contributed by atoms with van der Waals surface area (Å²) in [6, 6.07) is 6.99. The molecule has 0 amide bonds. The van der Waals surface area contributed by atoms with Gasteiger partial charge in [-0.2, -0.15) is 13.9 Å². The lowest BCUT2D eigenvalue weighted by Crippen LogP contribution is -2.05. The van der Waals surface area contributed by atoms with Crippen molar-refractivity contribution in [1.29, 1.82) is 0 Å². The van der Waals surface area contributed by atoms with E-state index in [0.717, 1.165) is 0 Å². The maximum Gasteiger partial charge on any atom is 0.387 e. The quantitative estimate of drug-likeness (QED) is 0.821. The molecule has 0 N–H and O–H groups in total. The molecule has 3 nitrogen and oxygen atoms in total. The van der Waals surface area contributed by atoms with Crippen LogP contribution < -0.4 is 4.74 Å². The van der Waals surface area contributed by atoms with Gasteiger partial charge in [-0.1, -0.05) is 12.1 Å². The van der Waals surface area contributed by atoms with Crippen molar-refractivity contribution in [1.82, 2.24) is 9.78 Å². The third-order valence-corrected chi connectivity index (χ3v) is 2.41. The topological polar surface area (TPSA) is 27.1 Å². The normalized spacial score (nSPS) is 10.9. The van der Waals surface area contributed by atoms with Gasteiger partial charge in [0.15, 0.2) is 0 Å². The molecule has 2 rings (SSSR count). The lowest BCUT2D eigenvalue weighted by atomic mass is 10.1. The van der Waals surface area contributed by atoms with Crippen molar-refractivity contribution >= 4 is 0 Å². The van der Waals surface area contributed by atoms with Crippen LogP contribution in [-0.4, -0.2) is 16.4 Å². The molecule has 2 aromatic rings. The van der Waals surface area contributed by atoms with E-state index in [0.29, 0.717) is 16.8 Å². The van der Waals surface area contributed by atoms with E-state index in [1.807, 2.05) is 0 Å². The van der Waals surface area contributed by atoms with E-state index in [9.17, 15) is 8.78 Å². The minimum absolute atomic E-state index is 0.182. The average Bonchev–Trinajstić information content (AvgIpc) is 2.67. The lowest BCUT2D eigenvalue weighted by molar-refractivity contribution is -0.0499. The summed E-state index contributed by atoms with van der Waals surface area (Å²) >= 11 is 0. The van der Waals surface area contributed by atoms with Crippen LogP contribution in [0.25, 0.3) is 11.3 Å². The molecule has 0 unspecified atom stereocenters. The fourth-order valence-corrected chi connectivity index (χ4v) is 1.66. The molecule has 5 heteroatoms. The average molecular weight is 238 g/mol. The number of halogens is 2. The first kappa shape index (κ1) is 11.6. The van der Waals surface area contributed by atoms with E-state index >= 15 is 0 Å². The first-order valence-corrected chi connectivity index (χ1v) is 5.12. The van der Waals surface area contributed by atoms with Gasteiger partial charge in [-0.05, 0) is 24.6 Å². The lowest BCUT2D eigenvalue weighted by Gasteiger charge is -2.11. The van der Waals surface area contributed by atoms with Gasteiger partial charge < -0.3 is 4.74 Å². The highest BCUT2D eigenvalue weighted by atomic mass is 19.3. The Balaban J connectivity index is 2.49. The van der Waals surface area contributed by atoms with Crippen molar-refractivity contribution < 1.29 is 13.5 Å². The maximum atomic E-state index is 12.4. The zero-order valence-electron chi connectivity index (χ0n) is 9.52. The van der Waals surface area contributed by atoms with Gasteiger partial charge >= 0.3 is 6.61 Å². The number of hydrogen-bond donors (Lipinski definition) is 0. The van der Waals surface area contributed by atoms with Gasteiger partial charge in [0.1, 0.15) is 5.75 Å². The van der Waals surface area contributed by atoms with Gasteiger partial charge in [0.25, 0.3) is 0 Å². The summed E-state index contributed by atoms with van der Waals surface area (Å²) in [4.78, 5) is 0. The molecule has 0 saturated heterocycles. The van der Waals surface area contributed by atoms with E-state index in [2.05, 4.69) is 9.84 Å². The van der Waals surface area contributed by atoms with E-state index in [1.165, 1.54) is 0 Å². The number of aryl methyl sites for hydroxylation is 2. The van der Waals surface area contributed by atoms with Crippen molar-refractivity contribution in [2.24, 2.45) is 7.05 Å². The second-order valence-electron chi connectivity index (χ2n) is 3.70. The zero-order valence-corrected chi connectivity index (χ0v) is 9.52. The van der Waals surface area contributed by atoms with Crippen LogP contribution in [0.5, 0.6) is 5.75 Å². The summed E-state index contributed by atoms with van der Waals surface area (Å²) in [5.74, 6) is 0.182. The Morgan fingerprint density at radius 1 is 1.29 bits per heavy atom. The zero-order chi connectivity index (χ0) is 12.4. The summed E-state index contributed by atoms with van der Waals surface area (Å²) in [5.41, 5.74) is 1.85. The SMILES string of the molecule is Cc1cccc(-c2ccn(C)n2)c1OC(F)F. The summed E-state index contributed by atoms with van der Waals surface area (Å²) in [6.07, 6.45) is 1.75. The standard InChI is InChI=1S/C12H12F2N2O/c1-8-4-3-5-9(11(8)17-12(13)14)10-6-7-16(2)15-10/h3-7,12H,1-2H3. The molecule has 0 fully saturated rings. The first-order valence-electron chi connectivity index (χ1n) is 5.12. The molecule has 1 heterocycles. The summed E-state index contributed by atoms with van der Waals surface area (Å²) < 4.78 is 30.9. The van der Waals surface area contributed by atoms with Gasteiger partial charge in [0.2, 0.25) is 0 Å². The maximum absolute atomic E-state index is 12.4. The van der Waals surface area contributed by atoms with E-state index < -0.39 is 6.61 Å². The molecule has 17 heavy (non-hydrogen) atoms. The molecule has 0 bridgehead atoms. The number of nitrogens with zero attached hydrogens (tertiary/aromatic N) is 2. The Morgan fingerprint density at radius 2 is 2.06 bits per heavy atom. The van der Waals surface area contributed by atoms with Crippen LogP contribution >= 0.6 is 0 Å². The Kier molecular flexibility index (Phi) is 3.08. The molecule has 0 atom stereocenters. The predicted octanol–water partition coefficient (Wildman–Crippen LogP) is 3.00. The van der Waals surface area contributed by atoms with Gasteiger partial charge in [0.05, 0.1) is 5.69 Å². The van der Waals surface area contributed by atoms with E-state index in [4.69, 9.17) is 0 Å². The third kappa shape index (κ3) is 2.43. The second-order valence-corrected chi connectivity index (χ2v) is 3.70. The van der Waals surface area contributed by atoms with Crippen LogP contribution in [0.4, 0.5) is 8.78 Å². The third-order valence-electron chi connectivity index (χ3n) is 2.41. The minimum Gasteiger partial charge on any atom is -0.434 e. The Labute approximate surface area is 97.6 Å². The van der Waals surface area contributed by atoms with Gasteiger partial charge in [-0.3, -0.25) is 4.68 Å². The fraction of sp³-hybridized carbons (Fsp3) is 0.250. The second kappa shape index (κ2) is 4.53. The van der Waals surface area contributed by atoms with Gasteiger partial charge in [0, 0.05) is 18.8 Å². The Hall–Kier alpha value is -1.91. The van der Waals surface area contributed by atoms with E-state index in [-0.39, 0.29) is 5.75 Å². The monoisotopic (exact) mass is 238 g/mol. The smallest absolute Gasteiger partial charge is 0.387 e. The van der Waals surface area contributed by atoms with Crippen LogP contribution in [0, 0.1) is 6.92 Å². The molecular formula is C12H12F2N2O. The number of aromatic nitrogens is 2. The van der Waals surface area contributed by atoms with Crippen LogP contribution in [0.2, 0.25) is 0 Å². The van der Waals surface area contributed by atoms with Crippen molar-refractivity contribution in [3.63, 3.8) is 0 Å². The number of ether oxygens (including phenoxy) is 1. The van der Waals surface area contributed by atoms with E-state index in [1.54, 1.807) is 49.1 Å². The molecule has 0 saturated carbocycles. The number of rotatable bonds is 3. The van der Waals surface area contributed by atoms with Crippen molar-refractivity contribution in [3.8, 4) is 17.0 Å². The Bertz CT molecular complexity index is 523. The summed E-state index contributed by atoms with van der Waals surface area (Å²) in [5, 5.41) is 4.18. The van der Waals surface area contributed by atoms with Crippen LogP contribution in [0.15, 0.2) is 30.5 Å². The van der Waals surface area contributed by atoms with Crippen molar-refractivity contribution in [3.05, 3.63) is 36.0 Å². The first-order chi connectivity index (χ1) is 8.08. The molecule has 0 radical (unpaired) electrons. The number of hydrogen-bond acceptors (Lipinski definition) is 2. The highest BCUT2D eigenvalue weighted by Gasteiger charge is 2.14. The predicted molar refractivity (Wildman–Crippen MR) is 60.0 cm³/mol. The van der Waals surface area contributed by atoms with Crippen LogP contribution in [0.3, 0.4) is 0 Å². The van der Waals surface area contributed by atoms with Crippen molar-refractivity contribution in [2.45, 2.75) is 13.5 Å². The number of alkyl halides is 2. The van der Waals surface area contributed by atoms with Gasteiger partial charge in [-0.25, -0.2) is 0 Å². The minimum atomic E-state index is -2.83.